The lowest BCUT2D eigenvalue weighted by Crippen LogP contribution is -2.53. The number of esters is 1. The molecule has 0 radical (unpaired) electrons. The van der Waals surface area contributed by atoms with E-state index in [2.05, 4.69) is 31.6 Å². The minimum absolute atomic E-state index is 0.0123. The summed E-state index contributed by atoms with van der Waals surface area (Å²) in [4.78, 5) is 125. The molecule has 0 fully saturated rings. The Morgan fingerprint density at radius 1 is 0.959 bits per heavy atom. The van der Waals surface area contributed by atoms with Gasteiger partial charge in [-0.15, -0.1) is 0 Å². The number of hydrogen-bond acceptors (Lipinski definition) is 15. The summed E-state index contributed by atoms with van der Waals surface area (Å²) >= 11 is 0. The van der Waals surface area contributed by atoms with Gasteiger partial charge < -0.3 is 62.3 Å². The number of aromatic nitrogens is 2. The van der Waals surface area contributed by atoms with E-state index >= 15 is 4.39 Å². The van der Waals surface area contributed by atoms with Crippen LogP contribution < -0.4 is 43.6 Å². The van der Waals surface area contributed by atoms with Crippen LogP contribution in [0.4, 0.5) is 4.39 Å². The molecule has 0 unspecified atom stereocenters. The number of guanidine groups is 1. The van der Waals surface area contributed by atoms with E-state index in [-0.39, 0.29) is 69.0 Å². The number of imide groups is 1. The summed E-state index contributed by atoms with van der Waals surface area (Å²) in [6, 6.07) is -0.391. The monoisotopic (exact) mass is 1020 g/mol. The lowest BCUT2D eigenvalue weighted by atomic mass is 9.81. The van der Waals surface area contributed by atoms with Gasteiger partial charge in [-0.2, -0.15) is 0 Å². The zero-order valence-corrected chi connectivity index (χ0v) is 40.3. The van der Waals surface area contributed by atoms with E-state index in [1.165, 1.54) is 22.8 Å². The Morgan fingerprint density at radius 2 is 1.68 bits per heavy atom. The molecule has 4 atom stereocenters. The normalized spacial score (nSPS) is 18.0. The predicted octanol–water partition coefficient (Wildman–Crippen LogP) is -1.66. The summed E-state index contributed by atoms with van der Waals surface area (Å²) in [6.07, 6.45) is 4.62. The second-order valence-corrected chi connectivity index (χ2v) is 18.1. The lowest BCUT2D eigenvalue weighted by molar-refractivity contribution is -0.172. The summed E-state index contributed by atoms with van der Waals surface area (Å²) < 4.78 is 27.6. The number of aliphatic imine (C=N–C) groups is 1. The van der Waals surface area contributed by atoms with Gasteiger partial charge in [0.1, 0.15) is 37.8 Å². The predicted molar refractivity (Wildman–Crippen MR) is 256 cm³/mol. The first-order valence-electron chi connectivity index (χ1n) is 23.9. The molecule has 25 heteroatoms. The number of pyridine rings is 2. The Bertz CT molecular complexity index is 2860. The van der Waals surface area contributed by atoms with Crippen LogP contribution in [0.15, 0.2) is 34.1 Å². The highest BCUT2D eigenvalue weighted by Gasteiger charge is 2.46. The van der Waals surface area contributed by atoms with E-state index in [0.717, 1.165) is 4.90 Å². The van der Waals surface area contributed by atoms with Crippen molar-refractivity contribution in [3.8, 4) is 11.4 Å². The second-order valence-electron chi connectivity index (χ2n) is 18.1. The number of ether oxygens (including phenoxy) is 2. The van der Waals surface area contributed by atoms with Gasteiger partial charge in [-0.05, 0) is 74.6 Å². The van der Waals surface area contributed by atoms with E-state index in [1.54, 1.807) is 19.9 Å². The van der Waals surface area contributed by atoms with Crippen molar-refractivity contribution >= 4 is 64.2 Å². The number of aliphatic hydroxyl groups is 2. The molecule has 0 spiro atoms. The number of aryl methyl sites for hydroxylation is 1. The Labute approximate surface area is 416 Å². The van der Waals surface area contributed by atoms with E-state index in [9.17, 15) is 53.4 Å². The molecule has 1 aliphatic carbocycles. The van der Waals surface area contributed by atoms with Crippen LogP contribution in [0.1, 0.15) is 97.7 Å². The van der Waals surface area contributed by atoms with Gasteiger partial charge in [-0.3, -0.25) is 48.2 Å². The number of rotatable bonds is 23. The molecule has 0 saturated carbocycles. The summed E-state index contributed by atoms with van der Waals surface area (Å²) in [6.45, 7) is 0.841. The smallest absolute Gasteiger partial charge is 0.343 e. The van der Waals surface area contributed by atoms with Gasteiger partial charge in [0.05, 0.1) is 48.2 Å². The zero-order chi connectivity index (χ0) is 52.7. The average Bonchev–Trinajstić information content (AvgIpc) is 3.90. The Hall–Kier alpha value is -7.64. The molecule has 1 aromatic carbocycles. The van der Waals surface area contributed by atoms with Crippen LogP contribution in [-0.4, -0.2) is 130 Å². The summed E-state index contributed by atoms with van der Waals surface area (Å²) in [5.41, 5.74) is 11.8. The molecule has 390 valence electrons. The number of halogens is 1. The number of carbonyl (C=O) groups excluding carboxylic acids is 8. The number of amides is 7. The maximum absolute atomic E-state index is 15.4. The molecular formula is C48H58FN11O13. The topological polar surface area (TPSA) is 358 Å². The molecule has 24 nitrogen and oxygen atoms in total. The third-order valence-corrected chi connectivity index (χ3v) is 13.3. The highest BCUT2D eigenvalue weighted by Crippen LogP contribution is 2.46. The first-order valence-corrected chi connectivity index (χ1v) is 23.9. The van der Waals surface area contributed by atoms with Gasteiger partial charge in [0.25, 0.3) is 17.4 Å². The fourth-order valence-electron chi connectivity index (χ4n) is 9.48. The molecule has 7 rings (SSSR count). The molecule has 4 aliphatic rings. The van der Waals surface area contributed by atoms with Crippen LogP contribution in [0.2, 0.25) is 0 Å². The maximum Gasteiger partial charge on any atom is 0.343 e. The third kappa shape index (κ3) is 11.5. The number of unbranched alkanes of at least 4 members (excludes halogenated alkanes) is 2. The van der Waals surface area contributed by atoms with Crippen molar-refractivity contribution in [2.45, 2.75) is 109 Å². The van der Waals surface area contributed by atoms with Crippen molar-refractivity contribution in [2.24, 2.45) is 16.5 Å². The summed E-state index contributed by atoms with van der Waals surface area (Å²) in [5.74, 6) is -5.86. The maximum atomic E-state index is 15.4. The van der Waals surface area contributed by atoms with Crippen molar-refractivity contribution in [3.05, 3.63) is 73.8 Å². The number of benzene rings is 1. The third-order valence-electron chi connectivity index (χ3n) is 13.3. The number of aliphatic hydroxyl groups excluding tert-OH is 1. The number of nitrogens with one attached hydrogen (secondary N) is 5. The first kappa shape index (κ1) is 53.2. The van der Waals surface area contributed by atoms with Crippen molar-refractivity contribution in [1.82, 2.24) is 41.0 Å². The van der Waals surface area contributed by atoms with Crippen molar-refractivity contribution < 1.29 is 62.4 Å². The summed E-state index contributed by atoms with van der Waals surface area (Å²) in [5, 5.41) is 34.5. The second kappa shape index (κ2) is 22.8. The molecule has 5 heterocycles. The van der Waals surface area contributed by atoms with E-state index in [1.807, 2.05) is 0 Å². The van der Waals surface area contributed by atoms with E-state index < -0.39 is 109 Å². The van der Waals surface area contributed by atoms with Gasteiger partial charge in [-0.1, -0.05) is 13.3 Å². The van der Waals surface area contributed by atoms with Crippen molar-refractivity contribution in [3.63, 3.8) is 0 Å². The van der Waals surface area contributed by atoms with Gasteiger partial charge in [0.2, 0.25) is 29.5 Å². The highest BCUT2D eigenvalue weighted by molar-refractivity contribution is 6.12. The number of carbonyl (C=O) groups is 8. The van der Waals surface area contributed by atoms with Gasteiger partial charge in [0.15, 0.2) is 11.6 Å². The molecule has 3 aromatic rings. The standard InChI is InChI=1S/C48H58FN11O13/c1-3-48(71)28-16-34-42-26(19-60(34)45(69)27(28)21-73-46(48)70)41-30(11-10-25-24(2)29(49)17-32(58-42)40(25)41)55-37(64)22-72-23-54-43(67)31(8-7-14-52-47(50)51)56-36(63)18-53-44(68)33(20-61)57-35(62)9-5-4-6-15-59-38(65)12-13-39(59)66/h12-13,16-17,30-31,33,61,71H,3-11,14-15,18-23H2,1-2H3,(H,53,68)(H,54,67)(H,55,64)(H,56,63)(H,57,62)(H4,50,51,52)/t30-,31-,33-,48-/m0/s1. The Kier molecular flexibility index (Phi) is 16.6. The SMILES string of the molecule is CC[C@@]1(O)C(=O)OCc2c1cc1n(c2=O)Cc2c-1nc1cc(F)c(C)c3c1c2[C@@H](NC(=O)COCNC(=O)[C@H](CCCN=C(N)N)NC(=O)CNC(=O)[C@H](CO)NC(=O)CCCCCN1C(=O)C=CC1=O)CC3. The minimum Gasteiger partial charge on any atom is -0.458 e. The molecule has 3 aliphatic heterocycles. The fourth-order valence-corrected chi connectivity index (χ4v) is 9.48. The van der Waals surface area contributed by atoms with Gasteiger partial charge in [0, 0.05) is 54.2 Å². The molecule has 11 N–H and O–H groups in total. The molecule has 2 aromatic heterocycles. The van der Waals surface area contributed by atoms with Crippen LogP contribution in [0.25, 0.3) is 22.3 Å². The number of nitrogens with zero attached hydrogens (tertiary/aromatic N) is 4. The van der Waals surface area contributed by atoms with Gasteiger partial charge in [-0.25, -0.2) is 14.2 Å². The molecule has 7 amide bonds. The zero-order valence-electron chi connectivity index (χ0n) is 40.3. The molecule has 73 heavy (non-hydrogen) atoms. The van der Waals surface area contributed by atoms with Crippen molar-refractivity contribution in [1.29, 1.82) is 0 Å². The van der Waals surface area contributed by atoms with Crippen LogP contribution in [0.5, 0.6) is 0 Å². The van der Waals surface area contributed by atoms with E-state index in [4.69, 9.17) is 25.9 Å². The highest BCUT2D eigenvalue weighted by atomic mass is 19.1. The van der Waals surface area contributed by atoms with Crippen LogP contribution in [0, 0.1) is 12.7 Å². The molecule has 0 bridgehead atoms. The molecule has 0 saturated heterocycles. The van der Waals surface area contributed by atoms with Crippen LogP contribution in [0.3, 0.4) is 0 Å². The first-order chi connectivity index (χ1) is 34.9. The number of nitrogens with two attached hydrogens (primary N) is 2. The Morgan fingerprint density at radius 3 is 2.40 bits per heavy atom. The van der Waals surface area contributed by atoms with Gasteiger partial charge >= 0.3 is 5.97 Å². The number of cyclic esters (lactones) is 1. The number of hydrogen-bond donors (Lipinski definition) is 9. The van der Waals surface area contributed by atoms with E-state index in [0.29, 0.717) is 76.6 Å². The fraction of sp³-hybridized carbons (Fsp3) is 0.479. The molecular weight excluding hydrogens is 958 g/mol. The average molecular weight is 1020 g/mol. The van der Waals surface area contributed by atoms with Crippen LogP contribution in [-0.2, 0) is 73.0 Å². The van der Waals surface area contributed by atoms with Crippen LogP contribution >= 0.6 is 0 Å². The Balaban J connectivity index is 0.935. The lowest BCUT2D eigenvalue weighted by Gasteiger charge is -2.31. The van der Waals surface area contributed by atoms with Crippen molar-refractivity contribution in [2.75, 3.05) is 39.6 Å². The number of fused-ring (bicyclic) bond motifs is 5. The summed E-state index contributed by atoms with van der Waals surface area (Å²) in [7, 11) is 0. The minimum atomic E-state index is -2.06. The quantitative estimate of drug-likeness (QED) is 0.0100. The largest absolute Gasteiger partial charge is 0.458 e.